The molecule has 0 atom stereocenters. The lowest BCUT2D eigenvalue weighted by atomic mass is 10.0. The Labute approximate surface area is 107 Å². The molecule has 0 unspecified atom stereocenters. The maximum absolute atomic E-state index is 5.47. The van der Waals surface area contributed by atoms with Gasteiger partial charge >= 0.3 is 0 Å². The number of benzene rings is 2. The topological polar surface area (TPSA) is 23.3 Å². The molecule has 0 aliphatic carbocycles. The number of fused-ring (bicyclic) bond motifs is 3. The Morgan fingerprint density at radius 1 is 1.06 bits per heavy atom. The molecule has 2 aromatic rings. The minimum atomic E-state index is 0.581. The van der Waals surface area contributed by atoms with Crippen molar-refractivity contribution < 1.29 is 4.74 Å². The van der Waals surface area contributed by atoms with E-state index in [1.165, 1.54) is 16.7 Å². The van der Waals surface area contributed by atoms with Crippen LogP contribution in [-0.4, -0.2) is 6.61 Å². The summed E-state index contributed by atoms with van der Waals surface area (Å²) in [7, 11) is 0. The van der Waals surface area contributed by atoms with Crippen LogP contribution in [0.3, 0.4) is 0 Å². The van der Waals surface area contributed by atoms with E-state index in [0.717, 1.165) is 11.4 Å². The molecule has 0 saturated carbocycles. The van der Waals surface area contributed by atoms with Gasteiger partial charge in [-0.1, -0.05) is 30.3 Å². The summed E-state index contributed by atoms with van der Waals surface area (Å²) >= 11 is 0. The smallest absolute Gasteiger partial charge is 0.0721 e. The lowest BCUT2D eigenvalue weighted by Gasteiger charge is -2.04. The van der Waals surface area contributed by atoms with E-state index < -0.39 is 0 Å². The van der Waals surface area contributed by atoms with E-state index in [1.807, 2.05) is 18.2 Å². The van der Waals surface area contributed by atoms with Gasteiger partial charge in [-0.3, -0.25) is 0 Å². The van der Waals surface area contributed by atoms with Gasteiger partial charge in [-0.05, 0) is 23.8 Å². The van der Waals surface area contributed by atoms with Crippen molar-refractivity contribution in [3.05, 3.63) is 60.7 Å². The zero-order valence-electron chi connectivity index (χ0n) is 10.1. The average molecular weight is 236 g/mol. The Kier molecular flexibility index (Phi) is 2.87. The van der Waals surface area contributed by atoms with Crippen molar-refractivity contribution in [2.75, 3.05) is 6.61 Å². The highest BCUT2D eigenvalue weighted by Gasteiger charge is 2.18. The van der Waals surface area contributed by atoms with E-state index in [2.05, 4.69) is 36.2 Å². The summed E-state index contributed by atoms with van der Waals surface area (Å²) in [5, 5.41) is 4.60. The first-order chi connectivity index (χ1) is 8.88. The number of hydrogen-bond acceptors (Lipinski definition) is 1. The summed E-state index contributed by atoms with van der Waals surface area (Å²) in [6, 6.07) is 14.5. The molecule has 0 aromatic heterocycles. The first-order valence-corrected chi connectivity index (χ1v) is 6.01. The Morgan fingerprint density at radius 3 is 2.78 bits per heavy atom. The molecule has 3 rings (SSSR count). The normalized spacial score (nSPS) is 11.6. The second-order valence-corrected chi connectivity index (χ2v) is 4.28. The minimum absolute atomic E-state index is 0.581. The lowest BCUT2D eigenvalue weighted by Crippen LogP contribution is -1.92. The van der Waals surface area contributed by atoms with Gasteiger partial charge < -0.3 is 4.74 Å². The maximum Gasteiger partial charge on any atom is 0.0721 e. The lowest BCUT2D eigenvalue weighted by molar-refractivity contribution is 0.149. The minimum Gasteiger partial charge on any atom is -0.373 e. The van der Waals surface area contributed by atoms with Gasteiger partial charge in [0.1, 0.15) is 0 Å². The van der Waals surface area contributed by atoms with E-state index in [1.54, 1.807) is 6.08 Å². The van der Waals surface area contributed by atoms with Crippen molar-refractivity contribution in [3.63, 3.8) is 0 Å². The van der Waals surface area contributed by atoms with E-state index in [0.29, 0.717) is 13.2 Å². The molecule has 0 fully saturated rings. The molecule has 2 heteroatoms. The highest BCUT2D eigenvalue weighted by molar-refractivity contribution is 5.90. The van der Waals surface area contributed by atoms with Gasteiger partial charge in [-0.2, -0.15) is 0 Å². The molecule has 0 spiro atoms. The van der Waals surface area contributed by atoms with Crippen LogP contribution in [0, 0.1) is 0 Å². The molecule has 1 radical (unpaired) electrons. The first kappa shape index (κ1) is 11.1. The second-order valence-electron chi connectivity index (χ2n) is 4.28. The van der Waals surface area contributed by atoms with E-state index in [9.17, 15) is 0 Å². The number of nitrogens with zero attached hydrogens (tertiary/aromatic N) is 1. The SMILES string of the molecule is C=CCOCc1ccc2c(c1)-c1ccccc1[N]2. The van der Waals surface area contributed by atoms with Crippen LogP contribution < -0.4 is 5.32 Å². The highest BCUT2D eigenvalue weighted by atomic mass is 16.5. The van der Waals surface area contributed by atoms with Gasteiger partial charge in [-0.15, -0.1) is 6.58 Å². The van der Waals surface area contributed by atoms with Crippen LogP contribution >= 0.6 is 0 Å². The van der Waals surface area contributed by atoms with Gasteiger partial charge in [0, 0.05) is 11.1 Å². The van der Waals surface area contributed by atoms with Gasteiger partial charge in [0.15, 0.2) is 0 Å². The first-order valence-electron chi connectivity index (χ1n) is 6.01. The molecule has 2 nitrogen and oxygen atoms in total. The Hall–Kier alpha value is -2.06. The number of para-hydroxylation sites is 1. The maximum atomic E-state index is 5.47. The van der Waals surface area contributed by atoms with E-state index in [-0.39, 0.29) is 0 Å². The fourth-order valence-corrected chi connectivity index (χ4v) is 2.17. The fourth-order valence-electron chi connectivity index (χ4n) is 2.17. The largest absolute Gasteiger partial charge is 0.373 e. The summed E-state index contributed by atoms with van der Waals surface area (Å²) in [6.45, 7) is 4.83. The summed E-state index contributed by atoms with van der Waals surface area (Å²) in [6.07, 6.45) is 1.76. The predicted molar refractivity (Wildman–Crippen MR) is 73.2 cm³/mol. The third-order valence-corrected chi connectivity index (χ3v) is 3.00. The van der Waals surface area contributed by atoms with Crippen LogP contribution in [0.2, 0.25) is 0 Å². The molecule has 1 heterocycles. The van der Waals surface area contributed by atoms with Crippen molar-refractivity contribution in [1.29, 1.82) is 0 Å². The Bertz CT molecular complexity index is 589. The molecule has 0 amide bonds. The summed E-state index contributed by atoms with van der Waals surface area (Å²) in [5.41, 5.74) is 5.67. The van der Waals surface area contributed by atoms with Crippen LogP contribution in [-0.2, 0) is 11.3 Å². The van der Waals surface area contributed by atoms with Crippen molar-refractivity contribution in [2.45, 2.75) is 6.61 Å². The van der Waals surface area contributed by atoms with Gasteiger partial charge in [-0.25, -0.2) is 5.32 Å². The van der Waals surface area contributed by atoms with Gasteiger partial charge in [0.2, 0.25) is 0 Å². The highest BCUT2D eigenvalue weighted by Crippen LogP contribution is 2.42. The summed E-state index contributed by atoms with van der Waals surface area (Å²) < 4.78 is 5.47. The molecule has 0 N–H and O–H groups in total. The monoisotopic (exact) mass is 236 g/mol. The van der Waals surface area contributed by atoms with Gasteiger partial charge in [0.25, 0.3) is 0 Å². The third-order valence-electron chi connectivity index (χ3n) is 3.00. The molecular formula is C16H14NO. The van der Waals surface area contributed by atoms with Crippen LogP contribution in [0.15, 0.2) is 55.1 Å². The van der Waals surface area contributed by atoms with Crippen molar-refractivity contribution in [1.82, 2.24) is 5.32 Å². The van der Waals surface area contributed by atoms with Crippen molar-refractivity contribution in [2.24, 2.45) is 0 Å². The third kappa shape index (κ3) is 1.91. The molecule has 1 aliphatic rings. The molecule has 2 aromatic carbocycles. The molecule has 0 bridgehead atoms. The summed E-state index contributed by atoms with van der Waals surface area (Å²) in [4.78, 5) is 0. The molecule has 1 aliphatic heterocycles. The van der Waals surface area contributed by atoms with Crippen LogP contribution in [0.5, 0.6) is 0 Å². The molecule has 0 saturated heterocycles. The fraction of sp³-hybridized carbons (Fsp3) is 0.125. The van der Waals surface area contributed by atoms with Crippen molar-refractivity contribution in [3.8, 4) is 11.1 Å². The van der Waals surface area contributed by atoms with Gasteiger partial charge in [0.05, 0.1) is 24.6 Å². The Balaban J connectivity index is 1.90. The predicted octanol–water partition coefficient (Wildman–Crippen LogP) is 3.94. The average Bonchev–Trinajstić information content (AvgIpc) is 2.77. The van der Waals surface area contributed by atoms with Crippen LogP contribution in [0.4, 0.5) is 11.4 Å². The summed E-state index contributed by atoms with van der Waals surface area (Å²) in [5.74, 6) is 0. The Morgan fingerprint density at radius 2 is 1.89 bits per heavy atom. The standard InChI is InChI=1S/C16H14NO/c1-2-9-18-11-12-7-8-16-14(10-12)13-5-3-4-6-15(13)17-16/h2-8,10H,1,9,11H2. The van der Waals surface area contributed by atoms with E-state index >= 15 is 0 Å². The zero-order chi connectivity index (χ0) is 12.4. The molecule has 89 valence electrons. The second kappa shape index (κ2) is 4.67. The van der Waals surface area contributed by atoms with Crippen molar-refractivity contribution >= 4 is 11.4 Å². The molecule has 18 heavy (non-hydrogen) atoms. The number of ether oxygens (including phenoxy) is 1. The van der Waals surface area contributed by atoms with Crippen LogP contribution in [0.1, 0.15) is 5.56 Å². The van der Waals surface area contributed by atoms with Crippen LogP contribution in [0.25, 0.3) is 11.1 Å². The zero-order valence-corrected chi connectivity index (χ0v) is 10.1. The quantitative estimate of drug-likeness (QED) is 0.497. The molecular weight excluding hydrogens is 222 g/mol. The number of rotatable bonds is 4. The van der Waals surface area contributed by atoms with E-state index in [4.69, 9.17) is 4.74 Å². The number of hydrogen-bond donors (Lipinski definition) is 0.